The molecule has 14 heavy (non-hydrogen) atoms. The first-order valence-corrected chi connectivity index (χ1v) is 4.39. The molecule has 0 spiro atoms. The molecule has 0 fully saturated rings. The molecule has 0 aromatic heterocycles. The third kappa shape index (κ3) is 2.25. The third-order valence-electron chi connectivity index (χ3n) is 2.29. The van der Waals surface area contributed by atoms with Crippen LogP contribution in [0.3, 0.4) is 0 Å². The molecule has 0 aliphatic heterocycles. The zero-order valence-electron chi connectivity index (χ0n) is 8.37. The van der Waals surface area contributed by atoms with Gasteiger partial charge in [0.15, 0.2) is 12.0 Å². The van der Waals surface area contributed by atoms with Crippen molar-refractivity contribution in [2.75, 3.05) is 6.61 Å². The Bertz CT molecular complexity index is 258. The Balaban J connectivity index is 4.73. The summed E-state index contributed by atoms with van der Waals surface area (Å²) in [5, 5.41) is 8.94. The van der Waals surface area contributed by atoms with Crippen LogP contribution in [-0.4, -0.2) is 23.7 Å². The normalized spacial score (nSPS) is 10.4. The fourth-order valence-electron chi connectivity index (χ4n) is 1.17. The Morgan fingerprint density at radius 2 is 1.93 bits per heavy atom. The molecule has 0 aromatic carbocycles. The maximum Gasteiger partial charge on any atom is 0.324 e. The van der Waals surface area contributed by atoms with Gasteiger partial charge < -0.3 is 9.84 Å². The zero-order valence-corrected chi connectivity index (χ0v) is 8.37. The summed E-state index contributed by atoms with van der Waals surface area (Å²) < 4.78 is 4.64. The fourth-order valence-corrected chi connectivity index (χ4v) is 1.17. The molecular weight excluding hydrogens is 184 g/mol. The summed E-state index contributed by atoms with van der Waals surface area (Å²) >= 11 is 0. The second-order valence-electron chi connectivity index (χ2n) is 2.87. The molecule has 0 saturated carbocycles. The van der Waals surface area contributed by atoms with E-state index in [1.165, 1.54) is 0 Å². The monoisotopic (exact) mass is 198 g/mol. The van der Waals surface area contributed by atoms with E-state index in [9.17, 15) is 9.59 Å². The second-order valence-corrected chi connectivity index (χ2v) is 2.87. The molecule has 0 radical (unpaired) electrons. The first kappa shape index (κ1) is 12.5. The second kappa shape index (κ2) is 5.28. The lowest BCUT2D eigenvalue weighted by atomic mass is 9.82. The first-order valence-electron chi connectivity index (χ1n) is 4.39. The van der Waals surface area contributed by atoms with Gasteiger partial charge in [0, 0.05) is 0 Å². The lowest BCUT2D eigenvalue weighted by molar-refractivity contribution is -0.168. The standard InChI is InChI=1S/C10H14O4/c1-4-7-14-9(13)10(5-2,6-3)8(11)12/h1H,5-7H2,2-3H3,(H,11,12). The molecule has 0 atom stereocenters. The van der Waals surface area contributed by atoms with E-state index in [1.54, 1.807) is 13.8 Å². The van der Waals surface area contributed by atoms with E-state index in [0.717, 1.165) is 0 Å². The van der Waals surface area contributed by atoms with Gasteiger partial charge in [-0.25, -0.2) is 0 Å². The number of terminal acetylenes is 1. The van der Waals surface area contributed by atoms with Gasteiger partial charge in [-0.3, -0.25) is 9.59 Å². The molecule has 0 rings (SSSR count). The predicted molar refractivity (Wildman–Crippen MR) is 50.4 cm³/mol. The van der Waals surface area contributed by atoms with Gasteiger partial charge in [0.2, 0.25) is 0 Å². The van der Waals surface area contributed by atoms with Gasteiger partial charge in [0.05, 0.1) is 0 Å². The van der Waals surface area contributed by atoms with Crippen LogP contribution in [0.2, 0.25) is 0 Å². The number of carboxylic acid groups (broad SMARTS) is 1. The van der Waals surface area contributed by atoms with Crippen molar-refractivity contribution in [1.29, 1.82) is 0 Å². The van der Waals surface area contributed by atoms with Crippen molar-refractivity contribution in [2.45, 2.75) is 26.7 Å². The SMILES string of the molecule is C#CCOC(=O)C(CC)(CC)C(=O)O. The summed E-state index contributed by atoms with van der Waals surface area (Å²) in [6, 6.07) is 0. The van der Waals surface area contributed by atoms with Crippen LogP contribution in [-0.2, 0) is 14.3 Å². The molecular formula is C10H14O4. The molecule has 4 heteroatoms. The van der Waals surface area contributed by atoms with E-state index >= 15 is 0 Å². The Hall–Kier alpha value is -1.50. The molecule has 0 saturated heterocycles. The minimum atomic E-state index is -1.45. The molecule has 0 aliphatic carbocycles. The van der Waals surface area contributed by atoms with Crippen LogP contribution in [0, 0.1) is 17.8 Å². The van der Waals surface area contributed by atoms with Crippen LogP contribution in [0.5, 0.6) is 0 Å². The molecule has 0 aliphatic rings. The third-order valence-corrected chi connectivity index (χ3v) is 2.29. The van der Waals surface area contributed by atoms with E-state index in [2.05, 4.69) is 10.7 Å². The minimum absolute atomic E-state index is 0.187. The van der Waals surface area contributed by atoms with E-state index in [4.69, 9.17) is 11.5 Å². The number of esters is 1. The first-order chi connectivity index (χ1) is 6.55. The summed E-state index contributed by atoms with van der Waals surface area (Å²) in [5.74, 6) is 0.203. The van der Waals surface area contributed by atoms with Gasteiger partial charge in [-0.05, 0) is 12.8 Å². The molecule has 1 N–H and O–H groups in total. The summed E-state index contributed by atoms with van der Waals surface area (Å²) in [4.78, 5) is 22.4. The Labute approximate surface area is 83.3 Å². The number of aliphatic carboxylic acids is 1. The van der Waals surface area contributed by atoms with Gasteiger partial charge >= 0.3 is 11.9 Å². The van der Waals surface area contributed by atoms with Gasteiger partial charge in [-0.2, -0.15) is 0 Å². The number of rotatable bonds is 5. The molecule has 0 aromatic rings. The maximum atomic E-state index is 11.4. The largest absolute Gasteiger partial charge is 0.480 e. The lowest BCUT2D eigenvalue weighted by Gasteiger charge is -2.23. The lowest BCUT2D eigenvalue weighted by Crippen LogP contribution is -2.39. The van der Waals surface area contributed by atoms with E-state index in [0.29, 0.717) is 0 Å². The smallest absolute Gasteiger partial charge is 0.324 e. The highest BCUT2D eigenvalue weighted by Crippen LogP contribution is 2.28. The predicted octanol–water partition coefficient (Wildman–Crippen LogP) is 1.05. The number of hydrogen-bond acceptors (Lipinski definition) is 3. The highest BCUT2D eigenvalue weighted by atomic mass is 16.5. The van der Waals surface area contributed by atoms with Crippen molar-refractivity contribution in [3.05, 3.63) is 0 Å². The van der Waals surface area contributed by atoms with Crippen LogP contribution in [0.15, 0.2) is 0 Å². The summed E-state index contributed by atoms with van der Waals surface area (Å²) in [5.41, 5.74) is -1.45. The number of carboxylic acids is 1. The number of carbonyl (C=O) groups is 2. The summed E-state index contributed by atoms with van der Waals surface area (Å²) in [6.07, 6.45) is 5.30. The van der Waals surface area contributed by atoms with Crippen LogP contribution in [0.1, 0.15) is 26.7 Å². The number of hydrogen-bond donors (Lipinski definition) is 1. The maximum absolute atomic E-state index is 11.4. The summed E-state index contributed by atoms with van der Waals surface area (Å²) in [6.45, 7) is 3.08. The molecule has 0 amide bonds. The van der Waals surface area contributed by atoms with Crippen LogP contribution in [0.4, 0.5) is 0 Å². The van der Waals surface area contributed by atoms with Crippen LogP contribution < -0.4 is 0 Å². The van der Waals surface area contributed by atoms with Crippen molar-refractivity contribution in [1.82, 2.24) is 0 Å². The molecule has 78 valence electrons. The summed E-state index contributed by atoms with van der Waals surface area (Å²) in [7, 11) is 0. The Morgan fingerprint density at radius 1 is 1.43 bits per heavy atom. The molecule has 0 bridgehead atoms. The fraction of sp³-hybridized carbons (Fsp3) is 0.600. The number of carbonyl (C=O) groups excluding carboxylic acids is 1. The highest BCUT2D eigenvalue weighted by molar-refractivity contribution is 5.99. The van der Waals surface area contributed by atoms with Crippen molar-refractivity contribution in [3.8, 4) is 12.3 Å². The van der Waals surface area contributed by atoms with E-state index < -0.39 is 17.4 Å². The van der Waals surface area contributed by atoms with Gasteiger partial charge in [0.1, 0.15) is 0 Å². The van der Waals surface area contributed by atoms with Gasteiger partial charge in [0.25, 0.3) is 0 Å². The molecule has 0 heterocycles. The van der Waals surface area contributed by atoms with E-state index in [1.807, 2.05) is 0 Å². The van der Waals surface area contributed by atoms with Crippen molar-refractivity contribution < 1.29 is 19.4 Å². The quantitative estimate of drug-likeness (QED) is 0.407. The van der Waals surface area contributed by atoms with Crippen molar-refractivity contribution in [3.63, 3.8) is 0 Å². The van der Waals surface area contributed by atoms with Crippen LogP contribution >= 0.6 is 0 Å². The Morgan fingerprint density at radius 3 is 2.21 bits per heavy atom. The average molecular weight is 198 g/mol. The van der Waals surface area contributed by atoms with Gasteiger partial charge in [-0.15, -0.1) is 6.42 Å². The highest BCUT2D eigenvalue weighted by Gasteiger charge is 2.44. The molecule has 0 unspecified atom stereocenters. The van der Waals surface area contributed by atoms with Gasteiger partial charge in [-0.1, -0.05) is 19.8 Å². The van der Waals surface area contributed by atoms with E-state index in [-0.39, 0.29) is 19.4 Å². The molecule has 4 nitrogen and oxygen atoms in total. The zero-order chi connectivity index (χ0) is 11.2. The van der Waals surface area contributed by atoms with Crippen molar-refractivity contribution in [2.24, 2.45) is 5.41 Å². The number of ether oxygens (including phenoxy) is 1. The minimum Gasteiger partial charge on any atom is -0.480 e. The van der Waals surface area contributed by atoms with Crippen molar-refractivity contribution >= 4 is 11.9 Å². The topological polar surface area (TPSA) is 63.6 Å². The average Bonchev–Trinajstić information content (AvgIpc) is 2.17. The Kier molecular flexibility index (Phi) is 4.71. The van der Waals surface area contributed by atoms with Crippen LogP contribution in [0.25, 0.3) is 0 Å².